The smallest absolute Gasteiger partial charge is 0.272 e. The van der Waals surface area contributed by atoms with Gasteiger partial charge >= 0.3 is 0 Å². The molecule has 4 rings (SSSR count). The normalized spacial score (nSPS) is 11.0. The lowest BCUT2D eigenvalue weighted by Crippen LogP contribution is -2.17. The summed E-state index contributed by atoms with van der Waals surface area (Å²) >= 11 is 6.03. The van der Waals surface area contributed by atoms with E-state index in [4.69, 9.17) is 16.3 Å². The summed E-state index contributed by atoms with van der Waals surface area (Å²) in [6.07, 6.45) is 1.57. The van der Waals surface area contributed by atoms with Crippen LogP contribution < -0.4 is 10.2 Å². The molecule has 0 heterocycles. The van der Waals surface area contributed by atoms with Gasteiger partial charge in [0.1, 0.15) is 12.4 Å². The summed E-state index contributed by atoms with van der Waals surface area (Å²) in [6, 6.07) is 28.8. The summed E-state index contributed by atoms with van der Waals surface area (Å²) in [6.45, 7) is 0.463. The van der Waals surface area contributed by atoms with Crippen LogP contribution in [0.5, 0.6) is 5.75 Å². The first kappa shape index (κ1) is 19.7. The van der Waals surface area contributed by atoms with Gasteiger partial charge in [-0.3, -0.25) is 4.79 Å². The van der Waals surface area contributed by atoms with Crippen LogP contribution >= 0.6 is 11.6 Å². The van der Waals surface area contributed by atoms with E-state index < -0.39 is 0 Å². The number of ether oxygens (including phenoxy) is 1. The second kappa shape index (κ2) is 9.25. The maximum absolute atomic E-state index is 12.2. The quantitative estimate of drug-likeness (QED) is 0.318. The van der Waals surface area contributed by atoms with E-state index in [0.717, 1.165) is 16.9 Å². The molecule has 5 heteroatoms. The first-order valence-electron chi connectivity index (χ1n) is 9.48. The lowest BCUT2D eigenvalue weighted by Gasteiger charge is -2.09. The Kier molecular flexibility index (Phi) is 6.06. The lowest BCUT2D eigenvalue weighted by molar-refractivity contribution is 0.0955. The molecular formula is C25H19ClN2O2. The molecule has 0 fully saturated rings. The number of carbonyl (C=O) groups excluding carboxylic acids is 1. The second-order valence-electron chi connectivity index (χ2n) is 6.68. The molecule has 0 atom stereocenters. The van der Waals surface area contributed by atoms with Crippen LogP contribution in [-0.2, 0) is 6.61 Å². The van der Waals surface area contributed by atoms with Gasteiger partial charge in [-0.2, -0.15) is 5.10 Å². The standard InChI is InChI=1S/C25H19ClN2O2/c26-24-14-4-3-13-23(24)25(29)28-27-16-18-7-5-11-21(15-18)30-17-20-10-6-9-19-8-1-2-12-22(19)20/h1-16H,17H2,(H,28,29)/b27-16-. The largest absolute Gasteiger partial charge is 0.489 e. The molecule has 0 spiro atoms. The van der Waals surface area contributed by atoms with Crippen LogP contribution in [0.15, 0.2) is 96.1 Å². The van der Waals surface area contributed by atoms with Gasteiger partial charge < -0.3 is 4.74 Å². The molecule has 4 nitrogen and oxygen atoms in total. The molecule has 148 valence electrons. The topological polar surface area (TPSA) is 50.7 Å². The molecule has 0 aromatic heterocycles. The van der Waals surface area contributed by atoms with Crippen molar-refractivity contribution >= 4 is 34.5 Å². The Bertz CT molecular complexity index is 1220. The number of rotatable bonds is 6. The molecule has 0 aliphatic rings. The van der Waals surface area contributed by atoms with E-state index in [0.29, 0.717) is 17.2 Å². The van der Waals surface area contributed by atoms with E-state index in [1.54, 1.807) is 30.5 Å². The van der Waals surface area contributed by atoms with Crippen molar-refractivity contribution in [3.05, 3.63) is 113 Å². The first-order valence-corrected chi connectivity index (χ1v) is 9.86. The molecule has 0 aliphatic heterocycles. The van der Waals surface area contributed by atoms with Crippen molar-refractivity contribution in [2.45, 2.75) is 6.61 Å². The van der Waals surface area contributed by atoms with Gasteiger partial charge in [0.05, 0.1) is 16.8 Å². The Hall–Kier alpha value is -3.63. The monoisotopic (exact) mass is 414 g/mol. The zero-order valence-electron chi connectivity index (χ0n) is 16.1. The minimum Gasteiger partial charge on any atom is -0.489 e. The van der Waals surface area contributed by atoms with Gasteiger partial charge in [0.15, 0.2) is 0 Å². The van der Waals surface area contributed by atoms with Crippen LogP contribution in [0, 0.1) is 0 Å². The van der Waals surface area contributed by atoms with Crippen molar-refractivity contribution in [2.75, 3.05) is 0 Å². The van der Waals surface area contributed by atoms with Gasteiger partial charge in [-0.1, -0.05) is 78.3 Å². The predicted molar refractivity (Wildman–Crippen MR) is 121 cm³/mol. The number of hydrazone groups is 1. The van der Waals surface area contributed by atoms with Gasteiger partial charge in [0, 0.05) is 0 Å². The van der Waals surface area contributed by atoms with Crippen molar-refractivity contribution in [1.29, 1.82) is 0 Å². The highest BCUT2D eigenvalue weighted by Crippen LogP contribution is 2.21. The Morgan fingerprint density at radius 3 is 2.60 bits per heavy atom. The maximum Gasteiger partial charge on any atom is 0.272 e. The second-order valence-corrected chi connectivity index (χ2v) is 7.09. The van der Waals surface area contributed by atoms with Crippen LogP contribution in [-0.4, -0.2) is 12.1 Å². The summed E-state index contributed by atoms with van der Waals surface area (Å²) in [5.74, 6) is 0.365. The summed E-state index contributed by atoms with van der Waals surface area (Å²) in [4.78, 5) is 12.2. The summed E-state index contributed by atoms with van der Waals surface area (Å²) < 4.78 is 5.99. The van der Waals surface area contributed by atoms with E-state index in [1.807, 2.05) is 42.5 Å². The van der Waals surface area contributed by atoms with Crippen LogP contribution in [0.2, 0.25) is 5.02 Å². The van der Waals surface area contributed by atoms with Gasteiger partial charge in [0.2, 0.25) is 0 Å². The number of carbonyl (C=O) groups is 1. The number of benzene rings is 4. The van der Waals surface area contributed by atoms with E-state index in [-0.39, 0.29) is 5.91 Å². The Labute approximate surface area is 179 Å². The third-order valence-electron chi connectivity index (χ3n) is 4.63. The molecule has 0 bridgehead atoms. The number of hydrogen-bond donors (Lipinski definition) is 1. The first-order chi connectivity index (χ1) is 14.7. The third-order valence-corrected chi connectivity index (χ3v) is 4.96. The summed E-state index contributed by atoms with van der Waals surface area (Å²) in [7, 11) is 0. The van der Waals surface area contributed by atoms with Crippen LogP contribution in [0.25, 0.3) is 10.8 Å². The van der Waals surface area contributed by atoms with Gasteiger partial charge in [0.25, 0.3) is 5.91 Å². The lowest BCUT2D eigenvalue weighted by atomic mass is 10.1. The fourth-order valence-electron chi connectivity index (χ4n) is 3.14. The number of halogens is 1. The molecule has 4 aromatic rings. The van der Waals surface area contributed by atoms with Gasteiger partial charge in [-0.15, -0.1) is 0 Å². The highest BCUT2D eigenvalue weighted by molar-refractivity contribution is 6.33. The highest BCUT2D eigenvalue weighted by atomic mass is 35.5. The third kappa shape index (κ3) is 4.67. The minimum absolute atomic E-state index is 0.361. The molecule has 0 saturated heterocycles. The molecule has 4 aromatic carbocycles. The molecule has 0 aliphatic carbocycles. The van der Waals surface area contributed by atoms with E-state index >= 15 is 0 Å². The van der Waals surface area contributed by atoms with Crippen molar-refractivity contribution in [1.82, 2.24) is 5.43 Å². The summed E-state index contributed by atoms with van der Waals surface area (Å²) in [5.41, 5.74) is 4.80. The molecule has 30 heavy (non-hydrogen) atoms. The van der Waals surface area contributed by atoms with E-state index in [9.17, 15) is 4.79 Å². The molecule has 1 N–H and O–H groups in total. The predicted octanol–water partition coefficient (Wildman–Crippen LogP) is 5.84. The van der Waals surface area contributed by atoms with E-state index in [2.05, 4.69) is 34.8 Å². The van der Waals surface area contributed by atoms with Crippen molar-refractivity contribution < 1.29 is 9.53 Å². The molecule has 0 radical (unpaired) electrons. The highest BCUT2D eigenvalue weighted by Gasteiger charge is 2.08. The fraction of sp³-hybridized carbons (Fsp3) is 0.0400. The number of nitrogens with one attached hydrogen (secondary N) is 1. The number of hydrogen-bond acceptors (Lipinski definition) is 3. The van der Waals surface area contributed by atoms with Crippen LogP contribution in [0.1, 0.15) is 21.5 Å². The van der Waals surface area contributed by atoms with Crippen molar-refractivity contribution in [3.8, 4) is 5.75 Å². The van der Waals surface area contributed by atoms with Crippen LogP contribution in [0.4, 0.5) is 0 Å². The summed E-state index contributed by atoms with van der Waals surface area (Å²) in [5, 5.41) is 6.77. The average molecular weight is 415 g/mol. The minimum atomic E-state index is -0.361. The SMILES string of the molecule is O=C(N/N=C\c1cccc(OCc2cccc3ccccc23)c1)c1ccccc1Cl. The fourth-order valence-corrected chi connectivity index (χ4v) is 3.36. The van der Waals surface area contributed by atoms with Crippen molar-refractivity contribution in [3.63, 3.8) is 0 Å². The van der Waals surface area contributed by atoms with Crippen LogP contribution in [0.3, 0.4) is 0 Å². The molecular weight excluding hydrogens is 396 g/mol. The van der Waals surface area contributed by atoms with Crippen molar-refractivity contribution in [2.24, 2.45) is 5.10 Å². The molecule has 0 unspecified atom stereocenters. The number of fused-ring (bicyclic) bond motifs is 1. The Morgan fingerprint density at radius 1 is 0.933 bits per heavy atom. The maximum atomic E-state index is 12.2. The molecule has 0 saturated carbocycles. The number of amides is 1. The molecule has 1 amide bonds. The number of nitrogens with zero attached hydrogens (tertiary/aromatic N) is 1. The average Bonchev–Trinajstić information content (AvgIpc) is 2.78. The zero-order valence-corrected chi connectivity index (χ0v) is 16.8. The zero-order chi connectivity index (χ0) is 20.8. The Morgan fingerprint density at radius 2 is 1.70 bits per heavy atom. The Balaban J connectivity index is 1.41. The van der Waals surface area contributed by atoms with Gasteiger partial charge in [-0.25, -0.2) is 5.43 Å². The van der Waals surface area contributed by atoms with Gasteiger partial charge in [-0.05, 0) is 46.2 Å². The van der Waals surface area contributed by atoms with E-state index in [1.165, 1.54) is 10.8 Å².